The molecule has 128 valence electrons. The number of nitrogens with one attached hydrogen (secondary N) is 1. The largest absolute Gasteiger partial charge is 0.483 e. The van der Waals surface area contributed by atoms with Gasteiger partial charge in [-0.05, 0) is 61.9 Å². The second kappa shape index (κ2) is 8.65. The van der Waals surface area contributed by atoms with Gasteiger partial charge in [-0.3, -0.25) is 9.59 Å². The predicted molar refractivity (Wildman–Crippen MR) is 95.6 cm³/mol. The molecule has 0 saturated carbocycles. The van der Waals surface area contributed by atoms with E-state index >= 15 is 0 Å². The number of ketones is 1. The molecule has 0 aliphatic carbocycles. The molecule has 0 aliphatic heterocycles. The molecule has 1 N–H and O–H groups in total. The smallest absolute Gasteiger partial charge is 0.224 e. The van der Waals surface area contributed by atoms with Crippen LogP contribution in [0.3, 0.4) is 0 Å². The Morgan fingerprint density at radius 2 is 1.76 bits per heavy atom. The molecule has 0 radical (unpaired) electrons. The molecule has 0 bridgehead atoms. The quantitative estimate of drug-likeness (QED) is 0.777. The molecule has 5 heteroatoms. The summed E-state index contributed by atoms with van der Waals surface area (Å²) in [5.74, 6) is 0.332. The molecular weight excluding hydrogens is 316 g/mol. The zero-order chi connectivity index (χ0) is 18.2. The van der Waals surface area contributed by atoms with Crippen LogP contribution in [0.15, 0.2) is 48.5 Å². The Labute approximate surface area is 147 Å². The van der Waals surface area contributed by atoms with Gasteiger partial charge in [0.2, 0.25) is 11.7 Å². The number of carbonyl (C=O) groups excluding carboxylic acids is 2. The Kier molecular flexibility index (Phi) is 6.30. The SMILES string of the molecule is CCCC(=O)Nc1ccc(C(=O)[C@@H](C)Oc2ccc(C#N)cc2)cc1. The van der Waals surface area contributed by atoms with Crippen molar-refractivity contribution in [3.8, 4) is 11.8 Å². The van der Waals surface area contributed by atoms with Gasteiger partial charge in [0.05, 0.1) is 11.6 Å². The van der Waals surface area contributed by atoms with E-state index in [1.807, 2.05) is 13.0 Å². The van der Waals surface area contributed by atoms with Gasteiger partial charge in [-0.2, -0.15) is 5.26 Å². The first kappa shape index (κ1) is 18.2. The van der Waals surface area contributed by atoms with Gasteiger partial charge in [0.1, 0.15) is 5.75 Å². The molecule has 0 unspecified atom stereocenters. The first-order valence-electron chi connectivity index (χ1n) is 8.14. The van der Waals surface area contributed by atoms with Crippen molar-refractivity contribution in [2.75, 3.05) is 5.32 Å². The van der Waals surface area contributed by atoms with Crippen molar-refractivity contribution >= 4 is 17.4 Å². The molecule has 0 heterocycles. The number of ether oxygens (including phenoxy) is 1. The van der Waals surface area contributed by atoms with Crippen LogP contribution in [0, 0.1) is 11.3 Å². The number of Topliss-reactive ketones (excluding diaryl/α,β-unsaturated/α-hetero) is 1. The summed E-state index contributed by atoms with van der Waals surface area (Å²) in [5, 5.41) is 11.6. The van der Waals surface area contributed by atoms with Gasteiger partial charge in [-0.15, -0.1) is 0 Å². The van der Waals surface area contributed by atoms with E-state index in [0.29, 0.717) is 29.0 Å². The molecule has 0 fully saturated rings. The topological polar surface area (TPSA) is 79.2 Å². The summed E-state index contributed by atoms with van der Waals surface area (Å²) in [6.45, 7) is 3.62. The van der Waals surface area contributed by atoms with Gasteiger partial charge in [0.25, 0.3) is 0 Å². The number of nitrogens with zero attached hydrogens (tertiary/aromatic N) is 1. The molecule has 5 nitrogen and oxygen atoms in total. The summed E-state index contributed by atoms with van der Waals surface area (Å²) in [5.41, 5.74) is 1.71. The van der Waals surface area contributed by atoms with E-state index in [1.54, 1.807) is 55.5 Å². The third-order valence-electron chi connectivity index (χ3n) is 3.60. The third-order valence-corrected chi connectivity index (χ3v) is 3.60. The maximum atomic E-state index is 12.4. The molecule has 25 heavy (non-hydrogen) atoms. The standard InChI is InChI=1S/C20H20N2O3/c1-3-4-19(23)22-17-9-7-16(8-10-17)20(24)14(2)25-18-11-5-15(13-21)6-12-18/h5-12,14H,3-4H2,1-2H3,(H,22,23)/t14-/m1/s1. The minimum absolute atomic E-state index is 0.0425. The van der Waals surface area contributed by atoms with Crippen molar-refractivity contribution in [2.45, 2.75) is 32.8 Å². The summed E-state index contributed by atoms with van der Waals surface area (Å²) in [6.07, 6.45) is 0.594. The van der Waals surface area contributed by atoms with Crippen LogP contribution in [0.5, 0.6) is 5.75 Å². The lowest BCUT2D eigenvalue weighted by atomic mass is 10.1. The van der Waals surface area contributed by atoms with Crippen LogP contribution in [0.4, 0.5) is 5.69 Å². The average Bonchev–Trinajstić information content (AvgIpc) is 2.62. The number of nitriles is 1. The summed E-state index contributed by atoms with van der Waals surface area (Å²) in [7, 11) is 0. The van der Waals surface area contributed by atoms with Crippen molar-refractivity contribution in [1.82, 2.24) is 0 Å². The number of amides is 1. The van der Waals surface area contributed by atoms with Crippen LogP contribution in [0.1, 0.15) is 42.6 Å². The number of anilines is 1. The van der Waals surface area contributed by atoms with Crippen LogP contribution in [0.2, 0.25) is 0 Å². The highest BCUT2D eigenvalue weighted by atomic mass is 16.5. The fourth-order valence-electron chi connectivity index (χ4n) is 2.27. The van der Waals surface area contributed by atoms with Crippen LogP contribution in [-0.4, -0.2) is 17.8 Å². The van der Waals surface area contributed by atoms with E-state index in [4.69, 9.17) is 10.00 Å². The van der Waals surface area contributed by atoms with Gasteiger partial charge in [-0.25, -0.2) is 0 Å². The molecule has 0 aliphatic rings. The van der Waals surface area contributed by atoms with E-state index in [9.17, 15) is 9.59 Å². The minimum Gasteiger partial charge on any atom is -0.483 e. The number of hydrogen-bond donors (Lipinski definition) is 1. The number of hydrogen-bond acceptors (Lipinski definition) is 4. The van der Waals surface area contributed by atoms with Crippen LogP contribution in [0.25, 0.3) is 0 Å². The van der Waals surface area contributed by atoms with Crippen molar-refractivity contribution in [1.29, 1.82) is 5.26 Å². The maximum absolute atomic E-state index is 12.4. The molecule has 2 aromatic carbocycles. The van der Waals surface area contributed by atoms with Crippen LogP contribution < -0.4 is 10.1 Å². The molecule has 1 atom stereocenters. The van der Waals surface area contributed by atoms with Gasteiger partial charge < -0.3 is 10.1 Å². The predicted octanol–water partition coefficient (Wildman–Crippen LogP) is 3.95. The summed E-state index contributed by atoms with van der Waals surface area (Å²) in [6, 6.07) is 15.4. The maximum Gasteiger partial charge on any atom is 0.224 e. The zero-order valence-electron chi connectivity index (χ0n) is 14.3. The fourth-order valence-corrected chi connectivity index (χ4v) is 2.27. The normalized spacial score (nSPS) is 11.2. The molecule has 0 saturated heterocycles. The molecule has 0 aromatic heterocycles. The highest BCUT2D eigenvalue weighted by Gasteiger charge is 2.17. The Bertz CT molecular complexity index is 774. The first-order chi connectivity index (χ1) is 12.0. The summed E-state index contributed by atoms with van der Waals surface area (Å²) < 4.78 is 5.63. The van der Waals surface area contributed by atoms with Gasteiger partial charge in [0.15, 0.2) is 6.10 Å². The lowest BCUT2D eigenvalue weighted by Crippen LogP contribution is -2.23. The lowest BCUT2D eigenvalue weighted by molar-refractivity contribution is -0.116. The average molecular weight is 336 g/mol. The molecule has 2 aromatic rings. The first-order valence-corrected chi connectivity index (χ1v) is 8.14. The van der Waals surface area contributed by atoms with Crippen LogP contribution in [-0.2, 0) is 4.79 Å². The van der Waals surface area contributed by atoms with E-state index in [1.165, 1.54) is 0 Å². The second-order valence-electron chi connectivity index (χ2n) is 5.64. The van der Waals surface area contributed by atoms with Crippen molar-refractivity contribution in [3.63, 3.8) is 0 Å². The number of carbonyl (C=O) groups is 2. The monoisotopic (exact) mass is 336 g/mol. The number of benzene rings is 2. The van der Waals surface area contributed by atoms with E-state index in [0.717, 1.165) is 6.42 Å². The molecule has 1 amide bonds. The number of rotatable bonds is 7. The highest BCUT2D eigenvalue weighted by Crippen LogP contribution is 2.17. The van der Waals surface area contributed by atoms with Crippen molar-refractivity contribution in [3.05, 3.63) is 59.7 Å². The fraction of sp³-hybridized carbons (Fsp3) is 0.250. The summed E-state index contributed by atoms with van der Waals surface area (Å²) >= 11 is 0. The third kappa shape index (κ3) is 5.18. The summed E-state index contributed by atoms with van der Waals surface area (Å²) in [4.78, 5) is 24.0. The van der Waals surface area contributed by atoms with E-state index in [-0.39, 0.29) is 11.7 Å². The van der Waals surface area contributed by atoms with E-state index < -0.39 is 6.10 Å². The van der Waals surface area contributed by atoms with Gasteiger partial charge in [0, 0.05) is 17.7 Å². The molecule has 0 spiro atoms. The minimum atomic E-state index is -0.659. The Balaban J connectivity index is 1.98. The lowest BCUT2D eigenvalue weighted by Gasteiger charge is -2.14. The Morgan fingerprint density at radius 3 is 2.32 bits per heavy atom. The van der Waals surface area contributed by atoms with Crippen molar-refractivity contribution in [2.24, 2.45) is 0 Å². The van der Waals surface area contributed by atoms with E-state index in [2.05, 4.69) is 5.32 Å². The Morgan fingerprint density at radius 1 is 1.12 bits per heavy atom. The molecule has 2 rings (SSSR count). The van der Waals surface area contributed by atoms with Crippen LogP contribution >= 0.6 is 0 Å². The van der Waals surface area contributed by atoms with Gasteiger partial charge >= 0.3 is 0 Å². The second-order valence-corrected chi connectivity index (χ2v) is 5.64. The molecular formula is C20H20N2O3. The van der Waals surface area contributed by atoms with Crippen molar-refractivity contribution < 1.29 is 14.3 Å². The zero-order valence-corrected chi connectivity index (χ0v) is 14.3. The highest BCUT2D eigenvalue weighted by molar-refractivity contribution is 6.00. The Hall–Kier alpha value is -3.13. The van der Waals surface area contributed by atoms with Gasteiger partial charge in [-0.1, -0.05) is 6.92 Å².